The third-order valence-corrected chi connectivity index (χ3v) is 3.03. The summed E-state index contributed by atoms with van der Waals surface area (Å²) >= 11 is 3.44. The van der Waals surface area contributed by atoms with Crippen LogP contribution in [0.25, 0.3) is 10.8 Å². The van der Waals surface area contributed by atoms with Crippen molar-refractivity contribution >= 4 is 26.7 Å². The summed E-state index contributed by atoms with van der Waals surface area (Å²) in [6.07, 6.45) is -0.557. The first-order chi connectivity index (χ1) is 7.70. The normalized spacial score (nSPS) is 12.9. The fraction of sp³-hybridized carbons (Fsp3) is 0.231. The number of fused-ring (bicyclic) bond motifs is 1. The van der Waals surface area contributed by atoms with Crippen LogP contribution >= 0.6 is 15.9 Å². The molecular formula is C13H13BrO2. The van der Waals surface area contributed by atoms with Gasteiger partial charge in [0, 0.05) is 11.6 Å². The zero-order valence-electron chi connectivity index (χ0n) is 8.98. The zero-order chi connectivity index (χ0) is 11.5. The second-order valence-electron chi connectivity index (χ2n) is 3.72. The average Bonchev–Trinajstić information content (AvgIpc) is 2.28. The smallest absolute Gasteiger partial charge is 0.102 e. The van der Waals surface area contributed by atoms with Crippen molar-refractivity contribution in [3.05, 3.63) is 46.4 Å². The third-order valence-electron chi connectivity index (χ3n) is 2.54. The summed E-state index contributed by atoms with van der Waals surface area (Å²) in [5, 5.41) is 12.1. The Morgan fingerprint density at radius 2 is 1.88 bits per heavy atom. The molecule has 16 heavy (non-hydrogen) atoms. The van der Waals surface area contributed by atoms with Gasteiger partial charge >= 0.3 is 0 Å². The van der Waals surface area contributed by atoms with E-state index >= 15 is 0 Å². The van der Waals surface area contributed by atoms with Crippen LogP contribution in [-0.2, 0) is 4.74 Å². The van der Waals surface area contributed by atoms with Gasteiger partial charge in [-0.1, -0.05) is 34.1 Å². The molecule has 84 valence electrons. The second kappa shape index (κ2) is 4.95. The van der Waals surface area contributed by atoms with E-state index in [1.165, 1.54) is 0 Å². The van der Waals surface area contributed by atoms with Gasteiger partial charge in [0.25, 0.3) is 0 Å². The molecule has 0 spiro atoms. The standard InChI is InChI=1S/C13H13BrO2/c1-16-8-13(15)11-3-2-10-7-12(14)5-4-9(10)6-11/h2-7,13,15H,8H2,1H3. The summed E-state index contributed by atoms with van der Waals surface area (Å²) in [6, 6.07) is 12.0. The molecular weight excluding hydrogens is 268 g/mol. The van der Waals surface area contributed by atoms with Crippen LogP contribution in [0.15, 0.2) is 40.9 Å². The van der Waals surface area contributed by atoms with Crippen molar-refractivity contribution in [1.29, 1.82) is 0 Å². The number of hydrogen-bond acceptors (Lipinski definition) is 2. The van der Waals surface area contributed by atoms with E-state index in [2.05, 4.69) is 22.0 Å². The Labute approximate surface area is 103 Å². The minimum Gasteiger partial charge on any atom is -0.386 e. The maximum atomic E-state index is 9.80. The number of aliphatic hydroxyl groups excluding tert-OH is 1. The van der Waals surface area contributed by atoms with Crippen molar-refractivity contribution in [3.8, 4) is 0 Å². The number of halogens is 1. The first-order valence-electron chi connectivity index (χ1n) is 5.07. The molecule has 0 aromatic heterocycles. The number of methoxy groups -OCH3 is 1. The Morgan fingerprint density at radius 1 is 1.19 bits per heavy atom. The van der Waals surface area contributed by atoms with Crippen molar-refractivity contribution in [2.75, 3.05) is 13.7 Å². The highest BCUT2D eigenvalue weighted by molar-refractivity contribution is 9.10. The number of aliphatic hydroxyl groups is 1. The summed E-state index contributed by atoms with van der Waals surface area (Å²) in [4.78, 5) is 0. The molecule has 1 atom stereocenters. The van der Waals surface area contributed by atoms with Crippen LogP contribution in [0.2, 0.25) is 0 Å². The molecule has 0 saturated heterocycles. The first-order valence-corrected chi connectivity index (χ1v) is 5.86. The van der Waals surface area contributed by atoms with E-state index in [-0.39, 0.29) is 0 Å². The Bertz CT molecular complexity index is 496. The molecule has 0 radical (unpaired) electrons. The Hall–Kier alpha value is -0.900. The van der Waals surface area contributed by atoms with Crippen LogP contribution in [0, 0.1) is 0 Å². The van der Waals surface area contributed by atoms with Gasteiger partial charge in [-0.25, -0.2) is 0 Å². The van der Waals surface area contributed by atoms with E-state index in [0.29, 0.717) is 6.61 Å². The topological polar surface area (TPSA) is 29.5 Å². The lowest BCUT2D eigenvalue weighted by molar-refractivity contribution is 0.0645. The molecule has 0 aliphatic carbocycles. The van der Waals surface area contributed by atoms with Crippen molar-refractivity contribution in [2.24, 2.45) is 0 Å². The van der Waals surface area contributed by atoms with Crippen molar-refractivity contribution in [2.45, 2.75) is 6.10 Å². The molecule has 2 rings (SSSR count). The molecule has 0 aliphatic heterocycles. The molecule has 2 aromatic carbocycles. The minimum absolute atomic E-state index is 0.321. The lowest BCUT2D eigenvalue weighted by Gasteiger charge is -2.10. The zero-order valence-corrected chi connectivity index (χ0v) is 10.6. The maximum absolute atomic E-state index is 9.80. The van der Waals surface area contributed by atoms with Crippen LogP contribution in [0.1, 0.15) is 11.7 Å². The van der Waals surface area contributed by atoms with E-state index < -0.39 is 6.10 Å². The highest BCUT2D eigenvalue weighted by atomic mass is 79.9. The van der Waals surface area contributed by atoms with Gasteiger partial charge in [-0.15, -0.1) is 0 Å². The Kier molecular flexibility index (Phi) is 3.59. The maximum Gasteiger partial charge on any atom is 0.102 e. The van der Waals surface area contributed by atoms with Gasteiger partial charge in [0.1, 0.15) is 6.10 Å². The van der Waals surface area contributed by atoms with E-state index in [0.717, 1.165) is 20.8 Å². The van der Waals surface area contributed by atoms with Crippen LogP contribution in [-0.4, -0.2) is 18.8 Å². The minimum atomic E-state index is -0.557. The van der Waals surface area contributed by atoms with Crippen LogP contribution in [0.4, 0.5) is 0 Å². The van der Waals surface area contributed by atoms with Crippen LogP contribution in [0.3, 0.4) is 0 Å². The quantitative estimate of drug-likeness (QED) is 0.935. The third kappa shape index (κ3) is 2.43. The SMILES string of the molecule is COCC(O)c1ccc2cc(Br)ccc2c1. The van der Waals surface area contributed by atoms with Crippen LogP contribution in [0.5, 0.6) is 0 Å². The molecule has 0 aliphatic rings. The molecule has 1 N–H and O–H groups in total. The van der Waals surface area contributed by atoms with Gasteiger partial charge in [0.2, 0.25) is 0 Å². The van der Waals surface area contributed by atoms with Crippen molar-refractivity contribution in [3.63, 3.8) is 0 Å². The van der Waals surface area contributed by atoms with Crippen molar-refractivity contribution < 1.29 is 9.84 Å². The monoisotopic (exact) mass is 280 g/mol. The largest absolute Gasteiger partial charge is 0.386 e. The number of ether oxygens (including phenoxy) is 1. The van der Waals surface area contributed by atoms with Gasteiger partial charge in [0.15, 0.2) is 0 Å². The van der Waals surface area contributed by atoms with Crippen LogP contribution < -0.4 is 0 Å². The molecule has 0 saturated carbocycles. The Balaban J connectivity index is 2.40. The summed E-state index contributed by atoms with van der Waals surface area (Å²) in [7, 11) is 1.58. The number of hydrogen-bond donors (Lipinski definition) is 1. The summed E-state index contributed by atoms with van der Waals surface area (Å²) in [6.45, 7) is 0.321. The summed E-state index contributed by atoms with van der Waals surface area (Å²) < 4.78 is 5.99. The molecule has 2 aromatic rings. The van der Waals surface area contributed by atoms with Gasteiger partial charge < -0.3 is 9.84 Å². The fourth-order valence-electron chi connectivity index (χ4n) is 1.70. The molecule has 0 heterocycles. The van der Waals surface area contributed by atoms with Gasteiger partial charge in [-0.2, -0.15) is 0 Å². The lowest BCUT2D eigenvalue weighted by Crippen LogP contribution is -2.04. The highest BCUT2D eigenvalue weighted by Gasteiger charge is 2.07. The average molecular weight is 281 g/mol. The van der Waals surface area contributed by atoms with Gasteiger partial charge in [-0.05, 0) is 34.5 Å². The number of benzene rings is 2. The highest BCUT2D eigenvalue weighted by Crippen LogP contribution is 2.23. The van der Waals surface area contributed by atoms with E-state index in [9.17, 15) is 5.11 Å². The molecule has 0 fully saturated rings. The van der Waals surface area contributed by atoms with Gasteiger partial charge in [0.05, 0.1) is 6.61 Å². The first kappa shape index (κ1) is 11.6. The molecule has 2 nitrogen and oxygen atoms in total. The molecule has 1 unspecified atom stereocenters. The van der Waals surface area contributed by atoms with Gasteiger partial charge in [-0.3, -0.25) is 0 Å². The predicted molar refractivity (Wildman–Crippen MR) is 68.5 cm³/mol. The van der Waals surface area contributed by atoms with E-state index in [4.69, 9.17) is 4.74 Å². The van der Waals surface area contributed by atoms with E-state index in [1.807, 2.05) is 30.3 Å². The van der Waals surface area contributed by atoms with Crippen molar-refractivity contribution in [1.82, 2.24) is 0 Å². The molecule has 0 bridgehead atoms. The molecule has 3 heteroatoms. The second-order valence-corrected chi connectivity index (χ2v) is 4.64. The lowest BCUT2D eigenvalue weighted by atomic mass is 10.0. The number of rotatable bonds is 3. The predicted octanol–water partition coefficient (Wildman–Crippen LogP) is 3.28. The summed E-state index contributed by atoms with van der Waals surface area (Å²) in [5.41, 5.74) is 0.886. The Morgan fingerprint density at radius 3 is 2.62 bits per heavy atom. The fourth-order valence-corrected chi connectivity index (χ4v) is 2.08. The van der Waals surface area contributed by atoms with E-state index in [1.54, 1.807) is 7.11 Å². The molecule has 0 amide bonds. The summed E-state index contributed by atoms with van der Waals surface area (Å²) in [5.74, 6) is 0.